The molecule has 4 heteroatoms. The normalized spacial score (nSPS) is 11.3. The summed E-state index contributed by atoms with van der Waals surface area (Å²) in [6.07, 6.45) is 0. The highest BCUT2D eigenvalue weighted by molar-refractivity contribution is 5.85. The summed E-state index contributed by atoms with van der Waals surface area (Å²) in [5, 5.41) is 0. The average Bonchev–Trinajstić information content (AvgIpc) is 2.20. The maximum Gasteiger partial charge on any atom is 0.314 e. The lowest BCUT2D eigenvalue weighted by Gasteiger charge is -2.11. The van der Waals surface area contributed by atoms with Gasteiger partial charge in [-0.15, -0.1) is 12.4 Å². The molecular weight excluding hydrogens is 202 g/mol. The van der Waals surface area contributed by atoms with Crippen molar-refractivity contribution in [2.45, 2.75) is 5.92 Å². The lowest BCUT2D eigenvalue weighted by atomic mass is 10.00. The van der Waals surface area contributed by atoms with Gasteiger partial charge in [0.2, 0.25) is 0 Å². The molecule has 0 fully saturated rings. The average molecular weight is 216 g/mol. The summed E-state index contributed by atoms with van der Waals surface area (Å²) in [4.78, 5) is 11.2. The second-order valence-electron chi connectivity index (χ2n) is 2.72. The van der Waals surface area contributed by atoms with Crippen LogP contribution in [-0.4, -0.2) is 19.6 Å². The molecule has 2 N–H and O–H groups in total. The molecule has 1 rings (SSSR count). The number of carbonyl (C=O) groups excluding carboxylic acids is 1. The van der Waals surface area contributed by atoms with E-state index >= 15 is 0 Å². The van der Waals surface area contributed by atoms with Gasteiger partial charge < -0.3 is 10.5 Å². The first-order valence-corrected chi connectivity index (χ1v) is 4.12. The lowest BCUT2D eigenvalue weighted by molar-refractivity contribution is -0.142. The molecule has 0 saturated heterocycles. The van der Waals surface area contributed by atoms with Crippen LogP contribution in [0.25, 0.3) is 0 Å². The number of carbonyl (C=O) groups is 1. The van der Waals surface area contributed by atoms with E-state index in [1.54, 1.807) is 0 Å². The molecule has 1 atom stereocenters. The van der Waals surface area contributed by atoms with Crippen molar-refractivity contribution in [3.63, 3.8) is 0 Å². The molecular formula is C10H14ClNO2. The quantitative estimate of drug-likeness (QED) is 0.774. The van der Waals surface area contributed by atoms with E-state index in [0.717, 1.165) is 5.56 Å². The van der Waals surface area contributed by atoms with Crippen LogP contribution in [0.5, 0.6) is 0 Å². The predicted octanol–water partition coefficient (Wildman–Crippen LogP) is 1.32. The highest BCUT2D eigenvalue weighted by atomic mass is 35.5. The summed E-state index contributed by atoms with van der Waals surface area (Å²) < 4.78 is 4.64. The standard InChI is InChI=1S/C10H13NO2.ClH/c1-13-10(12)9(7-11)8-5-3-2-4-6-8;/h2-6,9H,7,11H2,1H3;1H. The molecule has 1 unspecified atom stereocenters. The minimum Gasteiger partial charge on any atom is -0.469 e. The maximum absolute atomic E-state index is 11.2. The molecule has 1 aromatic carbocycles. The summed E-state index contributed by atoms with van der Waals surface area (Å²) in [5.41, 5.74) is 6.38. The third kappa shape index (κ3) is 3.01. The Hall–Kier alpha value is -1.06. The summed E-state index contributed by atoms with van der Waals surface area (Å²) >= 11 is 0. The van der Waals surface area contributed by atoms with Crippen LogP contribution in [0, 0.1) is 0 Å². The first-order valence-electron chi connectivity index (χ1n) is 4.12. The predicted molar refractivity (Wildman–Crippen MR) is 57.5 cm³/mol. The number of rotatable bonds is 3. The van der Waals surface area contributed by atoms with Gasteiger partial charge in [0.05, 0.1) is 13.0 Å². The number of hydrogen-bond acceptors (Lipinski definition) is 3. The second kappa shape index (κ2) is 6.40. The van der Waals surface area contributed by atoms with Crippen LogP contribution in [-0.2, 0) is 9.53 Å². The minimum absolute atomic E-state index is 0. The lowest BCUT2D eigenvalue weighted by Crippen LogP contribution is -2.22. The largest absolute Gasteiger partial charge is 0.469 e. The third-order valence-corrected chi connectivity index (χ3v) is 1.92. The van der Waals surface area contributed by atoms with E-state index in [0.29, 0.717) is 0 Å². The summed E-state index contributed by atoms with van der Waals surface area (Å²) in [5.74, 6) is -0.625. The van der Waals surface area contributed by atoms with E-state index in [1.165, 1.54) is 7.11 Å². The third-order valence-electron chi connectivity index (χ3n) is 1.92. The van der Waals surface area contributed by atoms with Crippen LogP contribution < -0.4 is 5.73 Å². The van der Waals surface area contributed by atoms with Crippen molar-refractivity contribution in [1.29, 1.82) is 0 Å². The SMILES string of the molecule is COC(=O)C(CN)c1ccccc1.Cl. The molecule has 0 radical (unpaired) electrons. The molecule has 14 heavy (non-hydrogen) atoms. The number of benzene rings is 1. The topological polar surface area (TPSA) is 52.3 Å². The number of ether oxygens (including phenoxy) is 1. The molecule has 0 amide bonds. The van der Waals surface area contributed by atoms with Gasteiger partial charge in [0.15, 0.2) is 0 Å². The van der Waals surface area contributed by atoms with Crippen molar-refractivity contribution in [2.75, 3.05) is 13.7 Å². The Morgan fingerprint density at radius 2 is 2.00 bits per heavy atom. The fourth-order valence-electron chi connectivity index (χ4n) is 1.20. The van der Waals surface area contributed by atoms with Crippen LogP contribution >= 0.6 is 12.4 Å². The van der Waals surface area contributed by atoms with Gasteiger partial charge in [-0.1, -0.05) is 30.3 Å². The molecule has 0 bridgehead atoms. The smallest absolute Gasteiger partial charge is 0.314 e. The van der Waals surface area contributed by atoms with Crippen LogP contribution in [0.1, 0.15) is 11.5 Å². The first kappa shape index (κ1) is 12.9. The maximum atomic E-state index is 11.2. The van der Waals surface area contributed by atoms with Gasteiger partial charge in [-0.25, -0.2) is 0 Å². The zero-order valence-electron chi connectivity index (χ0n) is 7.97. The molecule has 0 aliphatic heterocycles. The van der Waals surface area contributed by atoms with Crippen molar-refractivity contribution >= 4 is 18.4 Å². The number of nitrogens with two attached hydrogens (primary N) is 1. The van der Waals surface area contributed by atoms with Crippen LogP contribution in [0.3, 0.4) is 0 Å². The minimum atomic E-state index is -0.341. The Kier molecular flexibility index (Phi) is 5.92. The van der Waals surface area contributed by atoms with Gasteiger partial charge in [0.25, 0.3) is 0 Å². The number of methoxy groups -OCH3 is 1. The van der Waals surface area contributed by atoms with E-state index in [4.69, 9.17) is 5.73 Å². The zero-order valence-corrected chi connectivity index (χ0v) is 8.79. The van der Waals surface area contributed by atoms with E-state index < -0.39 is 0 Å². The van der Waals surface area contributed by atoms with Crippen molar-refractivity contribution in [3.8, 4) is 0 Å². The van der Waals surface area contributed by atoms with Crippen molar-refractivity contribution < 1.29 is 9.53 Å². The summed E-state index contributed by atoms with van der Waals surface area (Å²) in [7, 11) is 1.37. The van der Waals surface area contributed by atoms with Crippen LogP contribution in [0.4, 0.5) is 0 Å². The van der Waals surface area contributed by atoms with E-state index in [-0.39, 0.29) is 30.8 Å². The Balaban J connectivity index is 0.00000169. The molecule has 0 aliphatic carbocycles. The van der Waals surface area contributed by atoms with Gasteiger partial charge >= 0.3 is 5.97 Å². The molecule has 3 nitrogen and oxygen atoms in total. The van der Waals surface area contributed by atoms with Gasteiger partial charge in [0, 0.05) is 6.54 Å². The Morgan fingerprint density at radius 3 is 2.43 bits per heavy atom. The molecule has 0 aliphatic rings. The highest BCUT2D eigenvalue weighted by Gasteiger charge is 2.18. The second-order valence-corrected chi connectivity index (χ2v) is 2.72. The molecule has 0 aromatic heterocycles. The Morgan fingerprint density at radius 1 is 1.43 bits per heavy atom. The molecule has 0 spiro atoms. The van der Waals surface area contributed by atoms with E-state index in [9.17, 15) is 4.79 Å². The monoisotopic (exact) mass is 215 g/mol. The van der Waals surface area contributed by atoms with Crippen molar-refractivity contribution in [2.24, 2.45) is 5.73 Å². The summed E-state index contributed by atoms with van der Waals surface area (Å²) in [6, 6.07) is 9.39. The summed E-state index contributed by atoms with van der Waals surface area (Å²) in [6.45, 7) is 0.274. The number of hydrogen-bond donors (Lipinski definition) is 1. The number of esters is 1. The van der Waals surface area contributed by atoms with Gasteiger partial charge in [0.1, 0.15) is 0 Å². The Labute approximate surface area is 89.7 Å². The molecule has 78 valence electrons. The Bertz CT molecular complexity index is 277. The van der Waals surface area contributed by atoms with Gasteiger partial charge in [-0.2, -0.15) is 0 Å². The van der Waals surface area contributed by atoms with E-state index in [2.05, 4.69) is 4.74 Å². The fourth-order valence-corrected chi connectivity index (χ4v) is 1.20. The molecule has 1 aromatic rings. The molecule has 0 saturated carbocycles. The zero-order chi connectivity index (χ0) is 9.68. The number of halogens is 1. The van der Waals surface area contributed by atoms with Crippen molar-refractivity contribution in [1.82, 2.24) is 0 Å². The fraction of sp³-hybridized carbons (Fsp3) is 0.300. The molecule has 0 heterocycles. The van der Waals surface area contributed by atoms with Gasteiger partial charge in [-0.05, 0) is 5.56 Å². The first-order chi connectivity index (χ1) is 6.29. The van der Waals surface area contributed by atoms with Crippen LogP contribution in [0.15, 0.2) is 30.3 Å². The van der Waals surface area contributed by atoms with E-state index in [1.807, 2.05) is 30.3 Å². The van der Waals surface area contributed by atoms with Crippen molar-refractivity contribution in [3.05, 3.63) is 35.9 Å². The highest BCUT2D eigenvalue weighted by Crippen LogP contribution is 2.14. The van der Waals surface area contributed by atoms with Crippen LogP contribution in [0.2, 0.25) is 0 Å². The van der Waals surface area contributed by atoms with Gasteiger partial charge in [-0.3, -0.25) is 4.79 Å².